The Morgan fingerprint density at radius 2 is 1.96 bits per heavy atom. The number of benzene rings is 1. The van der Waals surface area contributed by atoms with Gasteiger partial charge in [0.1, 0.15) is 5.69 Å². The highest BCUT2D eigenvalue weighted by molar-refractivity contribution is 6.44. The predicted molar refractivity (Wildman–Crippen MR) is 94.5 cm³/mol. The van der Waals surface area contributed by atoms with Crippen molar-refractivity contribution in [2.45, 2.75) is 31.7 Å². The van der Waals surface area contributed by atoms with E-state index in [-0.39, 0.29) is 5.91 Å². The third kappa shape index (κ3) is 3.95. The summed E-state index contributed by atoms with van der Waals surface area (Å²) >= 11 is 12.0. The quantitative estimate of drug-likeness (QED) is 0.816. The van der Waals surface area contributed by atoms with E-state index in [1.54, 1.807) is 30.5 Å². The van der Waals surface area contributed by atoms with Gasteiger partial charge in [-0.3, -0.25) is 9.78 Å². The van der Waals surface area contributed by atoms with Crippen LogP contribution >= 0.6 is 23.2 Å². The third-order valence-electron chi connectivity index (χ3n) is 3.92. The molecule has 1 saturated carbocycles. The molecule has 4 nitrogen and oxygen atoms in total. The summed E-state index contributed by atoms with van der Waals surface area (Å²) in [7, 11) is 0. The first kappa shape index (κ1) is 16.1. The zero-order chi connectivity index (χ0) is 16.2. The molecular weight excluding hydrogens is 333 g/mol. The lowest BCUT2D eigenvalue weighted by Crippen LogP contribution is -2.17. The second-order valence-electron chi connectivity index (χ2n) is 5.61. The van der Waals surface area contributed by atoms with Crippen LogP contribution in [0, 0.1) is 0 Å². The first-order valence-corrected chi connectivity index (χ1v) is 8.37. The normalized spacial score (nSPS) is 14.7. The van der Waals surface area contributed by atoms with Gasteiger partial charge in [0.2, 0.25) is 0 Å². The molecule has 1 amide bonds. The van der Waals surface area contributed by atoms with Gasteiger partial charge < -0.3 is 10.6 Å². The number of anilines is 2. The summed E-state index contributed by atoms with van der Waals surface area (Å²) in [6, 6.07) is 9.22. The minimum absolute atomic E-state index is 0.316. The second-order valence-corrected chi connectivity index (χ2v) is 6.40. The number of nitrogens with zero attached hydrogens (tertiary/aromatic N) is 1. The van der Waals surface area contributed by atoms with Gasteiger partial charge in [-0.25, -0.2) is 0 Å². The summed E-state index contributed by atoms with van der Waals surface area (Å²) in [6.07, 6.45) is 6.47. The highest BCUT2D eigenvalue weighted by atomic mass is 35.5. The Labute approximate surface area is 145 Å². The fourth-order valence-electron chi connectivity index (χ4n) is 2.74. The number of amides is 1. The minimum atomic E-state index is -0.316. The van der Waals surface area contributed by atoms with Crippen molar-refractivity contribution in [2.75, 3.05) is 10.6 Å². The first-order chi connectivity index (χ1) is 11.1. The summed E-state index contributed by atoms with van der Waals surface area (Å²) in [5.41, 5.74) is 1.72. The molecule has 3 rings (SSSR count). The van der Waals surface area contributed by atoms with E-state index < -0.39 is 0 Å². The lowest BCUT2D eigenvalue weighted by Gasteiger charge is -2.14. The van der Waals surface area contributed by atoms with Gasteiger partial charge in [-0.2, -0.15) is 0 Å². The van der Waals surface area contributed by atoms with E-state index in [1.165, 1.54) is 25.7 Å². The van der Waals surface area contributed by atoms with E-state index in [0.29, 0.717) is 27.5 Å². The van der Waals surface area contributed by atoms with E-state index in [0.717, 1.165) is 5.69 Å². The smallest absolute Gasteiger partial charge is 0.274 e. The Kier molecular flexibility index (Phi) is 5.03. The van der Waals surface area contributed by atoms with Crippen LogP contribution in [-0.4, -0.2) is 16.9 Å². The average molecular weight is 350 g/mol. The van der Waals surface area contributed by atoms with E-state index in [1.807, 2.05) is 6.07 Å². The average Bonchev–Trinajstić information content (AvgIpc) is 3.05. The Balaban J connectivity index is 1.73. The molecule has 120 valence electrons. The van der Waals surface area contributed by atoms with Crippen LogP contribution in [-0.2, 0) is 0 Å². The molecule has 2 N–H and O–H groups in total. The summed E-state index contributed by atoms with van der Waals surface area (Å²) in [4.78, 5) is 16.5. The van der Waals surface area contributed by atoms with Crippen molar-refractivity contribution in [3.05, 3.63) is 52.3 Å². The van der Waals surface area contributed by atoms with E-state index in [9.17, 15) is 4.79 Å². The Morgan fingerprint density at radius 1 is 1.17 bits per heavy atom. The molecule has 6 heteroatoms. The fourth-order valence-corrected chi connectivity index (χ4v) is 3.08. The highest BCUT2D eigenvalue weighted by Gasteiger charge is 2.16. The van der Waals surface area contributed by atoms with Crippen LogP contribution in [0.1, 0.15) is 36.2 Å². The Bertz CT molecular complexity index is 715. The Morgan fingerprint density at radius 3 is 2.74 bits per heavy atom. The molecule has 1 heterocycles. The molecule has 23 heavy (non-hydrogen) atoms. The van der Waals surface area contributed by atoms with Crippen molar-refractivity contribution in [1.82, 2.24) is 4.98 Å². The summed E-state index contributed by atoms with van der Waals surface area (Å²) in [5.74, 6) is -0.316. The zero-order valence-corrected chi connectivity index (χ0v) is 14.0. The number of rotatable bonds is 4. The van der Waals surface area contributed by atoms with Crippen LogP contribution < -0.4 is 10.6 Å². The van der Waals surface area contributed by atoms with Crippen molar-refractivity contribution in [3.63, 3.8) is 0 Å². The molecule has 0 atom stereocenters. The molecule has 1 aromatic carbocycles. The molecule has 1 aliphatic carbocycles. The SMILES string of the molecule is O=C(Nc1cccc(Cl)c1Cl)c1cc(NC2CCCC2)ccn1. The van der Waals surface area contributed by atoms with Gasteiger partial charge in [-0.05, 0) is 37.1 Å². The molecule has 2 aromatic rings. The summed E-state index contributed by atoms with van der Waals surface area (Å²) < 4.78 is 0. The molecule has 1 fully saturated rings. The predicted octanol–water partition coefficient (Wildman–Crippen LogP) is 5.00. The molecular formula is C17H17Cl2N3O. The fraction of sp³-hybridized carbons (Fsp3) is 0.294. The minimum Gasteiger partial charge on any atom is -0.382 e. The van der Waals surface area contributed by atoms with Crippen LogP contribution in [0.25, 0.3) is 0 Å². The zero-order valence-electron chi connectivity index (χ0n) is 12.5. The topological polar surface area (TPSA) is 54.0 Å². The molecule has 0 unspecified atom stereocenters. The lowest BCUT2D eigenvalue weighted by atomic mass is 10.2. The van der Waals surface area contributed by atoms with Gasteiger partial charge in [0.25, 0.3) is 5.91 Å². The van der Waals surface area contributed by atoms with Gasteiger partial charge in [0.05, 0.1) is 15.7 Å². The van der Waals surface area contributed by atoms with Gasteiger partial charge in [-0.1, -0.05) is 42.1 Å². The summed E-state index contributed by atoms with van der Waals surface area (Å²) in [5, 5.41) is 6.92. The number of carbonyl (C=O) groups excluding carboxylic acids is 1. The third-order valence-corrected chi connectivity index (χ3v) is 4.74. The van der Waals surface area contributed by atoms with Gasteiger partial charge in [0.15, 0.2) is 0 Å². The highest BCUT2D eigenvalue weighted by Crippen LogP contribution is 2.30. The van der Waals surface area contributed by atoms with Crippen LogP contribution in [0.15, 0.2) is 36.5 Å². The summed E-state index contributed by atoms with van der Waals surface area (Å²) in [6.45, 7) is 0. The number of hydrogen-bond donors (Lipinski definition) is 2. The van der Waals surface area contributed by atoms with E-state index >= 15 is 0 Å². The van der Waals surface area contributed by atoms with Gasteiger partial charge in [0, 0.05) is 17.9 Å². The largest absolute Gasteiger partial charge is 0.382 e. The molecule has 0 bridgehead atoms. The second kappa shape index (κ2) is 7.20. The van der Waals surface area contributed by atoms with Crippen LogP contribution in [0.5, 0.6) is 0 Å². The monoisotopic (exact) mass is 349 g/mol. The first-order valence-electron chi connectivity index (χ1n) is 7.61. The number of halogens is 2. The van der Waals surface area contributed by atoms with Gasteiger partial charge >= 0.3 is 0 Å². The lowest BCUT2D eigenvalue weighted by molar-refractivity contribution is 0.102. The number of pyridine rings is 1. The number of carbonyl (C=O) groups is 1. The maximum absolute atomic E-state index is 12.4. The number of aromatic nitrogens is 1. The molecule has 1 aromatic heterocycles. The maximum Gasteiger partial charge on any atom is 0.274 e. The van der Waals surface area contributed by atoms with Crippen LogP contribution in [0.4, 0.5) is 11.4 Å². The van der Waals surface area contributed by atoms with Crippen LogP contribution in [0.3, 0.4) is 0 Å². The number of nitrogens with one attached hydrogen (secondary N) is 2. The van der Waals surface area contributed by atoms with Crippen molar-refractivity contribution < 1.29 is 4.79 Å². The standard InChI is InChI=1S/C17H17Cl2N3O/c18-13-6-3-7-14(16(13)19)22-17(23)15-10-12(8-9-20-15)21-11-4-1-2-5-11/h3,6-11H,1-2,4-5H2,(H,20,21)(H,22,23). The van der Waals surface area contributed by atoms with Crippen molar-refractivity contribution >= 4 is 40.5 Å². The number of hydrogen-bond acceptors (Lipinski definition) is 3. The van der Waals surface area contributed by atoms with Crippen molar-refractivity contribution in [1.29, 1.82) is 0 Å². The van der Waals surface area contributed by atoms with E-state index in [4.69, 9.17) is 23.2 Å². The molecule has 1 aliphatic rings. The molecule has 0 saturated heterocycles. The molecule has 0 spiro atoms. The van der Waals surface area contributed by atoms with Crippen molar-refractivity contribution in [3.8, 4) is 0 Å². The van der Waals surface area contributed by atoms with Gasteiger partial charge in [-0.15, -0.1) is 0 Å². The Hall–Kier alpha value is -1.78. The molecule has 0 aliphatic heterocycles. The van der Waals surface area contributed by atoms with E-state index in [2.05, 4.69) is 15.6 Å². The molecule has 0 radical (unpaired) electrons. The van der Waals surface area contributed by atoms with Crippen LogP contribution in [0.2, 0.25) is 10.0 Å². The maximum atomic E-state index is 12.4. The van der Waals surface area contributed by atoms with Crippen molar-refractivity contribution in [2.24, 2.45) is 0 Å².